The molecule has 2 aliphatic rings. The van der Waals surface area contributed by atoms with Gasteiger partial charge in [0.15, 0.2) is 0 Å². The molecule has 20 heavy (non-hydrogen) atoms. The van der Waals surface area contributed by atoms with Crippen molar-refractivity contribution in [3.8, 4) is 0 Å². The standard InChI is InChI=1S/C15H28N2O3/c1-9(2)12-15(8-16-12)6-10(11(18)7-15)17-13(19)20-14(3,4)5/h9-12,16,18H,6-8H2,1-5H3,(H,17,19). The topological polar surface area (TPSA) is 70.6 Å². The lowest BCUT2D eigenvalue weighted by atomic mass is 9.67. The Labute approximate surface area is 121 Å². The molecule has 2 rings (SSSR count). The minimum atomic E-state index is -0.510. The molecule has 1 aliphatic heterocycles. The predicted octanol–water partition coefficient (Wildman–Crippen LogP) is 1.65. The summed E-state index contributed by atoms with van der Waals surface area (Å²) in [7, 11) is 0. The van der Waals surface area contributed by atoms with Crippen LogP contribution in [-0.2, 0) is 4.74 Å². The Morgan fingerprint density at radius 2 is 2.05 bits per heavy atom. The van der Waals surface area contributed by atoms with E-state index in [1.807, 2.05) is 20.8 Å². The molecule has 1 aliphatic carbocycles. The van der Waals surface area contributed by atoms with Gasteiger partial charge in [-0.3, -0.25) is 0 Å². The van der Waals surface area contributed by atoms with E-state index in [9.17, 15) is 9.90 Å². The first-order chi connectivity index (χ1) is 9.13. The number of rotatable bonds is 2. The van der Waals surface area contributed by atoms with Gasteiger partial charge in [0.2, 0.25) is 0 Å². The maximum absolute atomic E-state index is 11.8. The molecule has 0 aromatic carbocycles. The molecule has 1 saturated heterocycles. The van der Waals surface area contributed by atoms with Crippen LogP contribution in [0.1, 0.15) is 47.5 Å². The third-order valence-electron chi connectivity index (χ3n) is 4.41. The van der Waals surface area contributed by atoms with E-state index in [1.54, 1.807) is 0 Å². The Hall–Kier alpha value is -0.810. The Bertz CT molecular complexity index is 378. The number of carbonyl (C=O) groups excluding carboxylic acids is 1. The fraction of sp³-hybridized carbons (Fsp3) is 0.933. The SMILES string of the molecule is CC(C)C1NCC12CC(O)C(NC(=O)OC(C)(C)C)C2. The van der Waals surface area contributed by atoms with Crippen molar-refractivity contribution in [1.82, 2.24) is 10.6 Å². The number of carbonyl (C=O) groups is 1. The number of hydrogen-bond acceptors (Lipinski definition) is 4. The summed E-state index contributed by atoms with van der Waals surface area (Å²) in [6.07, 6.45) is 0.657. The largest absolute Gasteiger partial charge is 0.444 e. The van der Waals surface area contributed by atoms with E-state index in [2.05, 4.69) is 24.5 Å². The third kappa shape index (κ3) is 3.09. The quantitative estimate of drug-likeness (QED) is 0.721. The summed E-state index contributed by atoms with van der Waals surface area (Å²) in [4.78, 5) is 11.8. The highest BCUT2D eigenvalue weighted by molar-refractivity contribution is 5.68. The van der Waals surface area contributed by atoms with Crippen LogP contribution in [0.4, 0.5) is 4.79 Å². The zero-order chi connectivity index (χ0) is 15.1. The minimum Gasteiger partial charge on any atom is -0.444 e. The lowest BCUT2D eigenvalue weighted by Gasteiger charge is -2.51. The van der Waals surface area contributed by atoms with Gasteiger partial charge in [0.05, 0.1) is 12.1 Å². The average Bonchev–Trinajstić information content (AvgIpc) is 2.53. The molecule has 4 atom stereocenters. The predicted molar refractivity (Wildman–Crippen MR) is 77.5 cm³/mol. The second-order valence-corrected chi connectivity index (χ2v) is 7.69. The van der Waals surface area contributed by atoms with Crippen LogP contribution < -0.4 is 10.6 Å². The molecule has 1 heterocycles. The van der Waals surface area contributed by atoms with Gasteiger partial charge < -0.3 is 20.5 Å². The first kappa shape index (κ1) is 15.6. The van der Waals surface area contributed by atoms with Gasteiger partial charge >= 0.3 is 6.09 Å². The molecular weight excluding hydrogens is 256 g/mol. The molecule has 0 aromatic heterocycles. The van der Waals surface area contributed by atoms with E-state index < -0.39 is 17.8 Å². The molecular formula is C15H28N2O3. The number of amides is 1. The monoisotopic (exact) mass is 284 g/mol. The van der Waals surface area contributed by atoms with Crippen molar-refractivity contribution in [3.63, 3.8) is 0 Å². The third-order valence-corrected chi connectivity index (χ3v) is 4.41. The Kier molecular flexibility index (Phi) is 4.04. The summed E-state index contributed by atoms with van der Waals surface area (Å²) in [6.45, 7) is 10.8. The van der Waals surface area contributed by atoms with Crippen LogP contribution in [-0.4, -0.2) is 41.5 Å². The highest BCUT2D eigenvalue weighted by atomic mass is 16.6. The Morgan fingerprint density at radius 3 is 2.50 bits per heavy atom. The minimum absolute atomic E-state index is 0.132. The van der Waals surface area contributed by atoms with Crippen molar-refractivity contribution < 1.29 is 14.6 Å². The average molecular weight is 284 g/mol. The smallest absolute Gasteiger partial charge is 0.407 e. The molecule has 0 radical (unpaired) electrons. The fourth-order valence-corrected chi connectivity index (χ4v) is 3.67. The van der Waals surface area contributed by atoms with Crippen molar-refractivity contribution in [2.24, 2.45) is 11.3 Å². The Morgan fingerprint density at radius 1 is 1.40 bits per heavy atom. The number of nitrogens with one attached hydrogen (secondary N) is 2. The second-order valence-electron chi connectivity index (χ2n) is 7.69. The van der Waals surface area contributed by atoms with Crippen LogP contribution in [0.15, 0.2) is 0 Å². The first-order valence-electron chi connectivity index (χ1n) is 7.54. The summed E-state index contributed by atoms with van der Waals surface area (Å²) in [5.74, 6) is 0.538. The zero-order valence-corrected chi connectivity index (χ0v) is 13.2. The summed E-state index contributed by atoms with van der Waals surface area (Å²) in [5.41, 5.74) is -0.378. The Balaban J connectivity index is 1.93. The van der Waals surface area contributed by atoms with Gasteiger partial charge in [0.25, 0.3) is 0 Å². The number of alkyl carbamates (subject to hydrolysis) is 1. The molecule has 1 spiro atoms. The van der Waals surface area contributed by atoms with E-state index in [0.29, 0.717) is 12.0 Å². The van der Waals surface area contributed by atoms with E-state index in [4.69, 9.17) is 4.74 Å². The van der Waals surface area contributed by atoms with Crippen LogP contribution in [0.2, 0.25) is 0 Å². The normalized spacial score (nSPS) is 37.0. The van der Waals surface area contributed by atoms with Gasteiger partial charge in [-0.2, -0.15) is 0 Å². The highest BCUT2D eigenvalue weighted by Gasteiger charge is 2.55. The van der Waals surface area contributed by atoms with E-state index in [1.165, 1.54) is 0 Å². The summed E-state index contributed by atoms with van der Waals surface area (Å²) in [6, 6.07) is 0.232. The summed E-state index contributed by atoms with van der Waals surface area (Å²) >= 11 is 0. The molecule has 0 bridgehead atoms. The van der Waals surface area contributed by atoms with Crippen LogP contribution in [0.3, 0.4) is 0 Å². The van der Waals surface area contributed by atoms with Gasteiger partial charge in [0.1, 0.15) is 5.60 Å². The fourth-order valence-electron chi connectivity index (χ4n) is 3.67. The van der Waals surface area contributed by atoms with Crippen molar-refractivity contribution in [2.75, 3.05) is 6.54 Å². The summed E-state index contributed by atoms with van der Waals surface area (Å²) < 4.78 is 5.27. The second kappa shape index (κ2) is 5.19. The lowest BCUT2D eigenvalue weighted by molar-refractivity contribution is 0.0394. The van der Waals surface area contributed by atoms with E-state index >= 15 is 0 Å². The number of ether oxygens (including phenoxy) is 1. The zero-order valence-electron chi connectivity index (χ0n) is 13.2. The lowest BCUT2D eigenvalue weighted by Crippen LogP contribution is -2.64. The molecule has 5 heteroatoms. The molecule has 0 aromatic rings. The molecule has 116 valence electrons. The van der Waals surface area contributed by atoms with Crippen molar-refractivity contribution in [3.05, 3.63) is 0 Å². The van der Waals surface area contributed by atoms with Gasteiger partial charge in [-0.15, -0.1) is 0 Å². The van der Waals surface area contributed by atoms with Crippen LogP contribution >= 0.6 is 0 Å². The van der Waals surface area contributed by atoms with Crippen molar-refractivity contribution in [2.45, 2.75) is 71.2 Å². The van der Waals surface area contributed by atoms with E-state index in [0.717, 1.165) is 19.4 Å². The summed E-state index contributed by atoms with van der Waals surface area (Å²) in [5, 5.41) is 16.5. The van der Waals surface area contributed by atoms with Gasteiger partial charge in [-0.25, -0.2) is 4.79 Å². The first-order valence-corrected chi connectivity index (χ1v) is 7.54. The van der Waals surface area contributed by atoms with Crippen LogP contribution in [0.5, 0.6) is 0 Å². The van der Waals surface area contributed by atoms with Crippen molar-refractivity contribution >= 4 is 6.09 Å². The number of aliphatic hydroxyl groups is 1. The van der Waals surface area contributed by atoms with Crippen LogP contribution in [0.25, 0.3) is 0 Å². The number of hydrogen-bond donors (Lipinski definition) is 3. The molecule has 4 unspecified atom stereocenters. The maximum Gasteiger partial charge on any atom is 0.407 e. The molecule has 1 amide bonds. The van der Waals surface area contributed by atoms with Crippen molar-refractivity contribution in [1.29, 1.82) is 0 Å². The van der Waals surface area contributed by atoms with E-state index in [-0.39, 0.29) is 11.5 Å². The van der Waals surface area contributed by atoms with Gasteiger partial charge in [0, 0.05) is 18.0 Å². The van der Waals surface area contributed by atoms with Gasteiger partial charge in [-0.1, -0.05) is 13.8 Å². The maximum atomic E-state index is 11.8. The molecule has 1 saturated carbocycles. The van der Waals surface area contributed by atoms with Crippen LogP contribution in [0, 0.1) is 11.3 Å². The molecule has 5 nitrogen and oxygen atoms in total. The molecule has 3 N–H and O–H groups in total. The number of aliphatic hydroxyl groups excluding tert-OH is 1. The van der Waals surface area contributed by atoms with Gasteiger partial charge in [-0.05, 0) is 39.5 Å². The highest BCUT2D eigenvalue weighted by Crippen LogP contribution is 2.48. The molecule has 2 fully saturated rings.